The van der Waals surface area contributed by atoms with Gasteiger partial charge >= 0.3 is 5.69 Å². The summed E-state index contributed by atoms with van der Waals surface area (Å²) in [7, 11) is 0. The average Bonchev–Trinajstić information content (AvgIpc) is 3.12. The first-order valence-corrected chi connectivity index (χ1v) is 5.43. The lowest BCUT2D eigenvalue weighted by atomic mass is 10.1. The van der Waals surface area contributed by atoms with Crippen molar-refractivity contribution in [2.24, 2.45) is 0 Å². The van der Waals surface area contributed by atoms with Crippen LogP contribution >= 0.6 is 0 Å². The molecule has 5 nitrogen and oxygen atoms in total. The zero-order chi connectivity index (χ0) is 12.0. The molecule has 1 aliphatic rings. The summed E-state index contributed by atoms with van der Waals surface area (Å²) in [6.45, 7) is 0. The molecule has 1 aromatic heterocycles. The number of nitro benzene ring substituents is 1. The van der Waals surface area contributed by atoms with Gasteiger partial charge in [-0.1, -0.05) is 0 Å². The maximum Gasteiger partial charge on any atom is 0.313 e. The van der Waals surface area contributed by atoms with Crippen LogP contribution in [0.5, 0.6) is 5.75 Å². The molecule has 1 heterocycles. The highest BCUT2D eigenvalue weighted by atomic mass is 16.6. The Labute approximate surface area is 96.9 Å². The van der Waals surface area contributed by atoms with Crippen molar-refractivity contribution in [3.8, 4) is 5.75 Å². The molecule has 1 aromatic carbocycles. The Kier molecular flexibility index (Phi) is 2.01. The number of aromatic hydroxyl groups is 1. The van der Waals surface area contributed by atoms with Crippen LogP contribution in [0, 0.1) is 10.1 Å². The summed E-state index contributed by atoms with van der Waals surface area (Å²) in [4.78, 5) is 14.2. The number of hydrogen-bond acceptors (Lipinski definition) is 4. The molecule has 0 unspecified atom stereocenters. The first kappa shape index (κ1) is 10.0. The number of aromatic nitrogens is 1. The Balaban J connectivity index is 2.20. The molecule has 3 rings (SSSR count). The average molecular weight is 230 g/mol. The topological polar surface area (TPSA) is 76.3 Å². The summed E-state index contributed by atoms with van der Waals surface area (Å²) < 4.78 is 0. The van der Waals surface area contributed by atoms with Crippen molar-refractivity contribution in [2.45, 2.75) is 18.8 Å². The van der Waals surface area contributed by atoms with Gasteiger partial charge in [-0.25, -0.2) is 0 Å². The van der Waals surface area contributed by atoms with Gasteiger partial charge in [0.05, 0.1) is 4.92 Å². The monoisotopic (exact) mass is 230 g/mol. The molecule has 1 N–H and O–H groups in total. The predicted octanol–water partition coefficient (Wildman–Crippen LogP) is 2.73. The fourth-order valence-electron chi connectivity index (χ4n) is 1.98. The van der Waals surface area contributed by atoms with Gasteiger partial charge in [0, 0.05) is 17.6 Å². The number of fused-ring (bicyclic) bond motifs is 1. The zero-order valence-electron chi connectivity index (χ0n) is 8.96. The standard InChI is InChI=1S/C12H10N2O3/c15-12-10(14(16)17)4-3-8-5-9(7-1-2-7)6-13-11(8)12/h3-7,15H,1-2H2. The van der Waals surface area contributed by atoms with E-state index >= 15 is 0 Å². The van der Waals surface area contributed by atoms with E-state index in [9.17, 15) is 15.2 Å². The first-order valence-electron chi connectivity index (χ1n) is 5.43. The van der Waals surface area contributed by atoms with Crippen molar-refractivity contribution >= 4 is 16.6 Å². The largest absolute Gasteiger partial charge is 0.501 e. The second kappa shape index (κ2) is 3.41. The Morgan fingerprint density at radius 1 is 1.41 bits per heavy atom. The number of nitro groups is 1. The van der Waals surface area contributed by atoms with Gasteiger partial charge in [0.2, 0.25) is 5.75 Å². The van der Waals surface area contributed by atoms with Crippen molar-refractivity contribution in [1.82, 2.24) is 4.98 Å². The molecule has 1 fully saturated rings. The number of rotatable bonds is 2. The Bertz CT molecular complexity index is 620. The van der Waals surface area contributed by atoms with Gasteiger partial charge in [0.15, 0.2) is 0 Å². The fraction of sp³-hybridized carbons (Fsp3) is 0.250. The molecule has 86 valence electrons. The van der Waals surface area contributed by atoms with E-state index in [0.29, 0.717) is 11.4 Å². The molecule has 17 heavy (non-hydrogen) atoms. The van der Waals surface area contributed by atoms with E-state index in [2.05, 4.69) is 4.98 Å². The smallest absolute Gasteiger partial charge is 0.313 e. The Morgan fingerprint density at radius 2 is 2.18 bits per heavy atom. The second-order valence-corrected chi connectivity index (χ2v) is 4.31. The summed E-state index contributed by atoms with van der Waals surface area (Å²) >= 11 is 0. The van der Waals surface area contributed by atoms with Crippen LogP contribution in [-0.4, -0.2) is 15.0 Å². The van der Waals surface area contributed by atoms with Gasteiger partial charge in [-0.05, 0) is 36.5 Å². The SMILES string of the molecule is O=[N+]([O-])c1ccc2cc(C3CC3)cnc2c1O. The van der Waals surface area contributed by atoms with E-state index < -0.39 is 4.92 Å². The summed E-state index contributed by atoms with van der Waals surface area (Å²) in [6.07, 6.45) is 4.04. The molecule has 0 bridgehead atoms. The molecular formula is C12H10N2O3. The molecule has 0 spiro atoms. The molecule has 0 saturated heterocycles. The minimum Gasteiger partial charge on any atom is -0.501 e. The maximum absolute atomic E-state index is 10.7. The van der Waals surface area contributed by atoms with Crippen LogP contribution in [0.3, 0.4) is 0 Å². The minimum absolute atomic E-state index is 0.295. The maximum atomic E-state index is 10.7. The van der Waals surface area contributed by atoms with Gasteiger partial charge in [0.25, 0.3) is 0 Å². The fourth-order valence-corrected chi connectivity index (χ4v) is 1.98. The van der Waals surface area contributed by atoms with Crippen LogP contribution in [0.2, 0.25) is 0 Å². The molecular weight excluding hydrogens is 220 g/mol. The molecule has 2 aromatic rings. The molecule has 0 atom stereocenters. The van der Waals surface area contributed by atoms with E-state index in [1.807, 2.05) is 6.07 Å². The van der Waals surface area contributed by atoms with Gasteiger partial charge < -0.3 is 5.11 Å². The Hall–Kier alpha value is -2.17. The molecule has 5 heteroatoms. The lowest BCUT2D eigenvalue weighted by Crippen LogP contribution is -1.91. The van der Waals surface area contributed by atoms with Crippen LogP contribution in [0.15, 0.2) is 24.4 Å². The zero-order valence-corrected chi connectivity index (χ0v) is 8.96. The normalized spacial score (nSPS) is 15.1. The molecule has 0 amide bonds. The highest BCUT2D eigenvalue weighted by Gasteiger charge is 2.25. The third kappa shape index (κ3) is 1.60. The van der Waals surface area contributed by atoms with Crippen molar-refractivity contribution in [3.05, 3.63) is 40.1 Å². The van der Waals surface area contributed by atoms with Gasteiger partial charge in [-0.2, -0.15) is 0 Å². The quantitative estimate of drug-likeness (QED) is 0.635. The van der Waals surface area contributed by atoms with E-state index in [1.165, 1.54) is 18.9 Å². The Morgan fingerprint density at radius 3 is 2.82 bits per heavy atom. The molecule has 1 saturated carbocycles. The van der Waals surface area contributed by atoms with Crippen molar-refractivity contribution in [2.75, 3.05) is 0 Å². The van der Waals surface area contributed by atoms with Crippen molar-refractivity contribution in [3.63, 3.8) is 0 Å². The van der Waals surface area contributed by atoms with E-state index in [0.717, 1.165) is 10.9 Å². The van der Waals surface area contributed by atoms with Gasteiger partial charge in [0.1, 0.15) is 5.52 Å². The lowest BCUT2D eigenvalue weighted by Gasteiger charge is -2.03. The lowest BCUT2D eigenvalue weighted by molar-refractivity contribution is -0.385. The van der Waals surface area contributed by atoms with E-state index in [4.69, 9.17) is 0 Å². The van der Waals surface area contributed by atoms with Crippen LogP contribution < -0.4 is 0 Å². The van der Waals surface area contributed by atoms with E-state index in [-0.39, 0.29) is 11.4 Å². The number of benzene rings is 1. The number of pyridine rings is 1. The number of phenols is 1. The van der Waals surface area contributed by atoms with Crippen LogP contribution in [-0.2, 0) is 0 Å². The van der Waals surface area contributed by atoms with Gasteiger partial charge in [-0.3, -0.25) is 15.1 Å². The molecule has 0 radical (unpaired) electrons. The highest BCUT2D eigenvalue weighted by Crippen LogP contribution is 2.41. The summed E-state index contributed by atoms with van der Waals surface area (Å²) in [5.74, 6) is 0.221. The summed E-state index contributed by atoms with van der Waals surface area (Å²) in [6, 6.07) is 4.89. The van der Waals surface area contributed by atoms with Crippen molar-refractivity contribution in [1.29, 1.82) is 0 Å². The third-order valence-corrected chi connectivity index (χ3v) is 3.07. The third-order valence-electron chi connectivity index (χ3n) is 3.07. The number of phenolic OH excluding ortho intramolecular Hbond substituents is 1. The van der Waals surface area contributed by atoms with Gasteiger partial charge in [-0.15, -0.1) is 0 Å². The first-order chi connectivity index (χ1) is 8.16. The summed E-state index contributed by atoms with van der Waals surface area (Å²) in [5.41, 5.74) is 1.14. The molecule has 0 aliphatic heterocycles. The van der Waals surface area contributed by atoms with E-state index in [1.54, 1.807) is 12.3 Å². The minimum atomic E-state index is -0.606. The van der Waals surface area contributed by atoms with Crippen molar-refractivity contribution < 1.29 is 10.0 Å². The molecule has 1 aliphatic carbocycles. The second-order valence-electron chi connectivity index (χ2n) is 4.31. The number of nitrogens with zero attached hydrogens (tertiary/aromatic N) is 2. The number of hydrogen-bond donors (Lipinski definition) is 1. The predicted molar refractivity (Wildman–Crippen MR) is 62.0 cm³/mol. The van der Waals surface area contributed by atoms with Crippen LogP contribution in [0.4, 0.5) is 5.69 Å². The summed E-state index contributed by atoms with van der Waals surface area (Å²) in [5, 5.41) is 21.2. The highest BCUT2D eigenvalue weighted by molar-refractivity contribution is 5.88. The van der Waals surface area contributed by atoms with Crippen LogP contribution in [0.1, 0.15) is 24.3 Å². The van der Waals surface area contributed by atoms with Crippen LogP contribution in [0.25, 0.3) is 10.9 Å².